The Hall–Kier alpha value is -1.93. The third-order valence-corrected chi connectivity index (χ3v) is 5.53. The Bertz CT molecular complexity index is 622. The van der Waals surface area contributed by atoms with Crippen LogP contribution in [-0.4, -0.2) is 66.7 Å². The van der Waals surface area contributed by atoms with Gasteiger partial charge in [0, 0.05) is 19.1 Å². The molecule has 8 nitrogen and oxygen atoms in total. The summed E-state index contributed by atoms with van der Waals surface area (Å²) in [5.41, 5.74) is 4.99. The highest BCUT2D eigenvalue weighted by molar-refractivity contribution is 5.96. The van der Waals surface area contributed by atoms with Crippen LogP contribution in [0, 0.1) is 5.92 Å². The molecule has 0 aromatic rings. The van der Waals surface area contributed by atoms with Gasteiger partial charge in [0.25, 0.3) is 0 Å². The van der Waals surface area contributed by atoms with Crippen LogP contribution in [0.3, 0.4) is 0 Å². The van der Waals surface area contributed by atoms with Gasteiger partial charge < -0.3 is 25.4 Å². The Labute approximate surface area is 159 Å². The van der Waals surface area contributed by atoms with Gasteiger partial charge in [0.15, 0.2) is 0 Å². The molecule has 0 aromatic carbocycles. The summed E-state index contributed by atoms with van der Waals surface area (Å²) in [5, 5.41) is 2.90. The van der Waals surface area contributed by atoms with Crippen LogP contribution in [-0.2, 0) is 23.9 Å². The van der Waals surface area contributed by atoms with Crippen molar-refractivity contribution in [1.29, 1.82) is 0 Å². The van der Waals surface area contributed by atoms with Gasteiger partial charge in [0.1, 0.15) is 11.6 Å². The summed E-state index contributed by atoms with van der Waals surface area (Å²) in [4.78, 5) is 39.7. The van der Waals surface area contributed by atoms with Gasteiger partial charge in [-0.1, -0.05) is 12.2 Å². The Balaban J connectivity index is 1.81. The van der Waals surface area contributed by atoms with Crippen molar-refractivity contribution in [1.82, 2.24) is 10.2 Å². The smallest absolute Gasteiger partial charge is 0.332 e. The highest BCUT2D eigenvalue weighted by Crippen LogP contribution is 2.46. The van der Waals surface area contributed by atoms with Crippen LogP contribution < -0.4 is 11.1 Å². The van der Waals surface area contributed by atoms with Gasteiger partial charge in [-0.2, -0.15) is 0 Å². The molecule has 4 atom stereocenters. The zero-order chi connectivity index (χ0) is 19.4. The van der Waals surface area contributed by atoms with Crippen molar-refractivity contribution in [2.45, 2.75) is 56.7 Å². The number of nitrogens with zero attached hydrogens (tertiary/aromatic N) is 1. The maximum atomic E-state index is 12.9. The molecule has 27 heavy (non-hydrogen) atoms. The Kier molecular flexibility index (Phi) is 6.16. The van der Waals surface area contributed by atoms with E-state index in [1.807, 2.05) is 12.2 Å². The van der Waals surface area contributed by atoms with Gasteiger partial charge in [-0.15, -0.1) is 0 Å². The normalized spacial score (nSPS) is 35.9. The summed E-state index contributed by atoms with van der Waals surface area (Å²) >= 11 is 0. The molecule has 2 heterocycles. The zero-order valence-electron chi connectivity index (χ0n) is 15.8. The van der Waals surface area contributed by atoms with Crippen molar-refractivity contribution < 1.29 is 23.9 Å². The van der Waals surface area contributed by atoms with Crippen molar-refractivity contribution >= 4 is 17.8 Å². The van der Waals surface area contributed by atoms with Crippen molar-refractivity contribution in [2.24, 2.45) is 11.7 Å². The topological polar surface area (TPSA) is 111 Å². The molecule has 150 valence electrons. The van der Waals surface area contributed by atoms with Gasteiger partial charge in [-0.3, -0.25) is 9.59 Å². The van der Waals surface area contributed by atoms with E-state index in [-0.39, 0.29) is 24.3 Å². The first-order chi connectivity index (χ1) is 13.0. The van der Waals surface area contributed by atoms with Gasteiger partial charge in [0.2, 0.25) is 11.8 Å². The van der Waals surface area contributed by atoms with Crippen LogP contribution in [0.1, 0.15) is 39.0 Å². The average molecular weight is 379 g/mol. The molecule has 2 aliphatic heterocycles. The van der Waals surface area contributed by atoms with E-state index in [0.717, 1.165) is 6.42 Å². The largest absolute Gasteiger partial charge is 0.464 e. The van der Waals surface area contributed by atoms with Crippen LogP contribution in [0.5, 0.6) is 0 Å². The quantitative estimate of drug-likeness (QED) is 0.520. The van der Waals surface area contributed by atoms with E-state index in [2.05, 4.69) is 5.32 Å². The molecule has 8 heteroatoms. The minimum atomic E-state index is -1.02. The van der Waals surface area contributed by atoms with E-state index in [9.17, 15) is 14.4 Å². The number of hydrogen-bond donors (Lipinski definition) is 2. The Morgan fingerprint density at radius 1 is 1.41 bits per heavy atom. The summed E-state index contributed by atoms with van der Waals surface area (Å²) < 4.78 is 10.7. The number of nitrogens with one attached hydrogen (secondary N) is 1. The number of ether oxygens (including phenoxy) is 2. The predicted molar refractivity (Wildman–Crippen MR) is 97.5 cm³/mol. The van der Waals surface area contributed by atoms with E-state index in [1.54, 1.807) is 11.8 Å². The fraction of sp³-hybridized carbons (Fsp3) is 0.737. The van der Waals surface area contributed by atoms with Gasteiger partial charge in [0.05, 0.1) is 19.3 Å². The molecule has 0 spiro atoms. The lowest BCUT2D eigenvalue weighted by Crippen LogP contribution is -2.55. The number of amides is 2. The highest BCUT2D eigenvalue weighted by atomic mass is 16.5. The molecular formula is C19H29N3O5. The van der Waals surface area contributed by atoms with Gasteiger partial charge in [-0.25, -0.2) is 4.79 Å². The number of hydrogen-bond acceptors (Lipinski definition) is 6. The van der Waals surface area contributed by atoms with Gasteiger partial charge in [-0.05, 0) is 39.0 Å². The van der Waals surface area contributed by atoms with E-state index < -0.39 is 23.6 Å². The van der Waals surface area contributed by atoms with Crippen LogP contribution in [0.2, 0.25) is 0 Å². The molecule has 3 rings (SSSR count). The van der Waals surface area contributed by atoms with E-state index in [1.165, 1.54) is 0 Å². The SMILES string of the molecule is CCOC(=O)[C@@]12C[C@H]1/C=C\CCOCC[C@H](N)C(=O)N1CCC[C@H]1C(=O)N2. The second-order valence-electron chi connectivity index (χ2n) is 7.41. The maximum absolute atomic E-state index is 12.9. The molecule has 0 bridgehead atoms. The first-order valence-electron chi connectivity index (χ1n) is 9.79. The van der Waals surface area contributed by atoms with Crippen LogP contribution in [0.4, 0.5) is 0 Å². The number of rotatable bonds is 2. The van der Waals surface area contributed by atoms with Crippen LogP contribution in [0.25, 0.3) is 0 Å². The van der Waals surface area contributed by atoms with Gasteiger partial charge >= 0.3 is 5.97 Å². The summed E-state index contributed by atoms with van der Waals surface area (Å²) in [6.07, 6.45) is 6.84. The van der Waals surface area contributed by atoms with Crippen molar-refractivity contribution in [3.05, 3.63) is 12.2 Å². The first-order valence-corrected chi connectivity index (χ1v) is 9.79. The van der Waals surface area contributed by atoms with Crippen LogP contribution >= 0.6 is 0 Å². The summed E-state index contributed by atoms with van der Waals surface area (Å²) in [7, 11) is 0. The lowest BCUT2D eigenvalue weighted by molar-refractivity contribution is -0.150. The minimum Gasteiger partial charge on any atom is -0.464 e. The zero-order valence-corrected chi connectivity index (χ0v) is 15.8. The third kappa shape index (κ3) is 4.16. The standard InChI is InChI=1S/C19H29N3O5/c1-2-27-18(25)19-12-13(19)6-3-4-10-26-11-8-14(20)17(24)22-9-5-7-15(22)16(23)21-19/h3,6,13-15H,2,4-5,7-12,20H2,1H3,(H,21,23)/b6-3-/t13-,14+,15+,19-/m1/s1. The molecule has 3 N–H and O–H groups in total. The molecule has 1 saturated carbocycles. The maximum Gasteiger partial charge on any atom is 0.332 e. The number of fused-ring (bicyclic) bond motifs is 2. The minimum absolute atomic E-state index is 0.0987. The molecule has 0 unspecified atom stereocenters. The van der Waals surface area contributed by atoms with Crippen molar-refractivity contribution in [3.63, 3.8) is 0 Å². The fourth-order valence-corrected chi connectivity index (χ4v) is 3.88. The summed E-state index contributed by atoms with van der Waals surface area (Å²) in [6, 6.07) is -1.28. The summed E-state index contributed by atoms with van der Waals surface area (Å²) in [6.45, 7) is 3.42. The van der Waals surface area contributed by atoms with E-state index >= 15 is 0 Å². The molecule has 2 fully saturated rings. The second-order valence-corrected chi connectivity index (χ2v) is 7.41. The Morgan fingerprint density at radius 2 is 2.22 bits per heavy atom. The molecule has 2 amide bonds. The predicted octanol–water partition coefficient (Wildman–Crippen LogP) is 0.109. The number of esters is 1. The molecule has 3 aliphatic rings. The molecule has 1 aliphatic carbocycles. The highest BCUT2D eigenvalue weighted by Gasteiger charge is 2.62. The first kappa shape index (κ1) is 19.8. The summed E-state index contributed by atoms with van der Waals surface area (Å²) in [5.74, 6) is -1.05. The number of nitrogens with two attached hydrogens (primary N) is 1. The lowest BCUT2D eigenvalue weighted by Gasteiger charge is -2.28. The second kappa shape index (κ2) is 8.39. The number of carbonyl (C=O) groups excluding carboxylic acids is 3. The van der Waals surface area contributed by atoms with Crippen molar-refractivity contribution in [2.75, 3.05) is 26.4 Å². The van der Waals surface area contributed by atoms with Crippen LogP contribution in [0.15, 0.2) is 12.2 Å². The Morgan fingerprint density at radius 3 is 3.00 bits per heavy atom. The fourth-order valence-electron chi connectivity index (χ4n) is 3.88. The average Bonchev–Trinajstić information content (AvgIpc) is 3.12. The number of carbonyl (C=O) groups is 3. The van der Waals surface area contributed by atoms with Crippen molar-refractivity contribution in [3.8, 4) is 0 Å². The molecule has 1 saturated heterocycles. The molecule has 0 aromatic heterocycles. The monoisotopic (exact) mass is 379 g/mol. The third-order valence-electron chi connectivity index (χ3n) is 5.53. The van der Waals surface area contributed by atoms with E-state index in [4.69, 9.17) is 15.2 Å². The molecular weight excluding hydrogens is 350 g/mol. The van der Waals surface area contributed by atoms with E-state index in [0.29, 0.717) is 45.4 Å². The molecule has 0 radical (unpaired) electrons. The lowest BCUT2D eigenvalue weighted by atomic mass is 10.1.